The number of amides is 1. The van der Waals surface area contributed by atoms with E-state index in [-0.39, 0.29) is 30.2 Å². The van der Waals surface area contributed by atoms with Gasteiger partial charge in [0, 0.05) is 24.6 Å². The molecule has 0 saturated carbocycles. The fourth-order valence-corrected chi connectivity index (χ4v) is 3.80. The smallest absolute Gasteiger partial charge is 0.291 e. The van der Waals surface area contributed by atoms with Crippen molar-refractivity contribution < 1.29 is 9.21 Å². The highest BCUT2D eigenvalue weighted by molar-refractivity contribution is 5.93. The molecule has 146 valence electrons. The van der Waals surface area contributed by atoms with Crippen molar-refractivity contribution >= 4 is 18.3 Å². The minimum Gasteiger partial charge on any atom is -0.431 e. The molecule has 0 bridgehead atoms. The zero-order chi connectivity index (χ0) is 18.8. The van der Waals surface area contributed by atoms with E-state index < -0.39 is 0 Å². The fourth-order valence-electron chi connectivity index (χ4n) is 3.80. The van der Waals surface area contributed by atoms with Crippen molar-refractivity contribution in [1.82, 2.24) is 9.88 Å². The molecular formula is C22H24ClN3O2. The molecular weight excluding hydrogens is 374 g/mol. The van der Waals surface area contributed by atoms with Gasteiger partial charge in [-0.25, -0.2) is 4.98 Å². The summed E-state index contributed by atoms with van der Waals surface area (Å²) < 4.78 is 5.85. The van der Waals surface area contributed by atoms with Gasteiger partial charge in [-0.3, -0.25) is 4.79 Å². The number of hydrogen-bond donors (Lipinski definition) is 1. The number of aryl methyl sites for hydroxylation is 1. The molecule has 1 aliphatic heterocycles. The van der Waals surface area contributed by atoms with Crippen molar-refractivity contribution in [3.8, 4) is 11.5 Å². The average molecular weight is 398 g/mol. The predicted molar refractivity (Wildman–Crippen MR) is 112 cm³/mol. The van der Waals surface area contributed by atoms with Crippen molar-refractivity contribution in [2.24, 2.45) is 11.7 Å². The van der Waals surface area contributed by atoms with Crippen LogP contribution in [0.4, 0.5) is 0 Å². The minimum absolute atomic E-state index is 0. The summed E-state index contributed by atoms with van der Waals surface area (Å²) in [5.41, 5.74) is 8.70. The molecule has 2 atom stereocenters. The van der Waals surface area contributed by atoms with Crippen LogP contribution in [0.3, 0.4) is 0 Å². The maximum atomic E-state index is 13.1. The molecule has 28 heavy (non-hydrogen) atoms. The minimum atomic E-state index is -0.112. The van der Waals surface area contributed by atoms with Crippen LogP contribution in [0, 0.1) is 12.8 Å². The normalized spacial score (nSPS) is 18.7. The molecule has 1 fully saturated rings. The number of benzene rings is 2. The van der Waals surface area contributed by atoms with Gasteiger partial charge in [-0.1, -0.05) is 48.5 Å². The lowest BCUT2D eigenvalue weighted by Crippen LogP contribution is -2.30. The molecule has 4 rings (SSSR count). The largest absolute Gasteiger partial charge is 0.431 e. The Morgan fingerprint density at radius 2 is 1.75 bits per heavy atom. The molecule has 5 nitrogen and oxygen atoms in total. The molecule has 6 heteroatoms. The van der Waals surface area contributed by atoms with Crippen LogP contribution >= 0.6 is 12.4 Å². The van der Waals surface area contributed by atoms with E-state index in [1.54, 1.807) is 0 Å². The van der Waals surface area contributed by atoms with Crippen LogP contribution in [0.2, 0.25) is 0 Å². The second-order valence-electron chi connectivity index (χ2n) is 7.02. The van der Waals surface area contributed by atoms with Crippen LogP contribution in [0.15, 0.2) is 65.1 Å². The van der Waals surface area contributed by atoms with Gasteiger partial charge in [0.25, 0.3) is 5.91 Å². The second kappa shape index (κ2) is 8.59. The number of aromatic nitrogens is 1. The Balaban J connectivity index is 0.00000225. The van der Waals surface area contributed by atoms with Crippen LogP contribution in [-0.2, 0) is 0 Å². The lowest BCUT2D eigenvalue weighted by Gasteiger charge is -2.16. The molecule has 0 radical (unpaired) electrons. The average Bonchev–Trinajstić information content (AvgIpc) is 3.33. The summed E-state index contributed by atoms with van der Waals surface area (Å²) in [6, 6.07) is 19.9. The van der Waals surface area contributed by atoms with Gasteiger partial charge in [-0.2, -0.15) is 0 Å². The Kier molecular flexibility index (Phi) is 6.17. The zero-order valence-corrected chi connectivity index (χ0v) is 16.6. The summed E-state index contributed by atoms with van der Waals surface area (Å²) in [6.45, 7) is 3.64. The first-order valence-electron chi connectivity index (χ1n) is 9.24. The highest BCUT2D eigenvalue weighted by Gasteiger charge is 2.37. The zero-order valence-electron chi connectivity index (χ0n) is 15.7. The Labute approximate surface area is 171 Å². The first-order valence-corrected chi connectivity index (χ1v) is 9.24. The van der Waals surface area contributed by atoms with Crippen molar-refractivity contribution in [1.29, 1.82) is 0 Å². The van der Waals surface area contributed by atoms with Gasteiger partial charge in [-0.05, 0) is 37.1 Å². The van der Waals surface area contributed by atoms with Crippen LogP contribution in [0.25, 0.3) is 11.5 Å². The molecule has 0 aliphatic carbocycles. The van der Waals surface area contributed by atoms with Crippen LogP contribution < -0.4 is 5.73 Å². The number of carbonyl (C=O) groups excluding carboxylic acids is 1. The first-order chi connectivity index (χ1) is 13.2. The van der Waals surface area contributed by atoms with Crippen LogP contribution in [0.5, 0.6) is 0 Å². The van der Waals surface area contributed by atoms with Gasteiger partial charge in [0.2, 0.25) is 11.7 Å². The lowest BCUT2D eigenvalue weighted by atomic mass is 9.89. The molecule has 2 N–H and O–H groups in total. The van der Waals surface area contributed by atoms with Gasteiger partial charge in [0.15, 0.2) is 0 Å². The lowest BCUT2D eigenvalue weighted by molar-refractivity contribution is 0.0754. The summed E-state index contributed by atoms with van der Waals surface area (Å²) in [6.07, 6.45) is 0. The first kappa shape index (κ1) is 20.1. The molecule has 1 saturated heterocycles. The molecule has 0 unspecified atom stereocenters. The van der Waals surface area contributed by atoms with Gasteiger partial charge in [-0.15, -0.1) is 12.4 Å². The molecule has 3 aromatic rings. The van der Waals surface area contributed by atoms with E-state index in [0.29, 0.717) is 37.0 Å². The summed E-state index contributed by atoms with van der Waals surface area (Å²) in [7, 11) is 0. The van der Waals surface area contributed by atoms with Crippen LogP contribution in [0.1, 0.15) is 27.7 Å². The molecule has 1 amide bonds. The Bertz CT molecular complexity index is 927. The van der Waals surface area contributed by atoms with E-state index in [9.17, 15) is 4.79 Å². The number of rotatable bonds is 4. The predicted octanol–water partition coefficient (Wildman–Crippen LogP) is 3.89. The monoisotopic (exact) mass is 397 g/mol. The summed E-state index contributed by atoms with van der Waals surface area (Å²) in [4.78, 5) is 19.4. The number of nitrogens with two attached hydrogens (primary N) is 1. The van der Waals surface area contributed by atoms with Gasteiger partial charge >= 0.3 is 0 Å². The van der Waals surface area contributed by atoms with E-state index in [4.69, 9.17) is 10.2 Å². The maximum Gasteiger partial charge on any atom is 0.291 e. The third-order valence-electron chi connectivity index (χ3n) is 5.27. The highest BCUT2D eigenvalue weighted by atomic mass is 35.5. The fraction of sp³-hybridized carbons (Fsp3) is 0.273. The quantitative estimate of drug-likeness (QED) is 0.724. The van der Waals surface area contributed by atoms with Gasteiger partial charge in [0.1, 0.15) is 0 Å². The van der Waals surface area contributed by atoms with Crippen molar-refractivity contribution in [3.05, 3.63) is 77.7 Å². The van der Waals surface area contributed by atoms with E-state index in [1.165, 1.54) is 5.56 Å². The van der Waals surface area contributed by atoms with E-state index in [0.717, 1.165) is 5.56 Å². The van der Waals surface area contributed by atoms with Crippen molar-refractivity contribution in [3.63, 3.8) is 0 Å². The van der Waals surface area contributed by atoms with Crippen LogP contribution in [-0.4, -0.2) is 35.4 Å². The van der Waals surface area contributed by atoms with E-state index in [2.05, 4.69) is 17.1 Å². The SMILES string of the molecule is Cc1nc(-c2ccccc2)oc1C(=O)N1C[C@@H](CN)[C@H](c2ccccc2)C1.Cl. The number of hydrogen-bond acceptors (Lipinski definition) is 4. The number of nitrogens with zero attached hydrogens (tertiary/aromatic N) is 2. The van der Waals surface area contributed by atoms with Crippen molar-refractivity contribution in [2.45, 2.75) is 12.8 Å². The summed E-state index contributed by atoms with van der Waals surface area (Å²) >= 11 is 0. The van der Waals surface area contributed by atoms with Gasteiger partial charge < -0.3 is 15.1 Å². The summed E-state index contributed by atoms with van der Waals surface area (Å²) in [5.74, 6) is 1.17. The topological polar surface area (TPSA) is 72.4 Å². The number of halogens is 1. The van der Waals surface area contributed by atoms with E-state index >= 15 is 0 Å². The molecule has 2 heterocycles. The molecule has 1 aromatic heterocycles. The van der Waals surface area contributed by atoms with Crippen molar-refractivity contribution in [2.75, 3.05) is 19.6 Å². The Hall–Kier alpha value is -2.63. The molecule has 0 spiro atoms. The Morgan fingerprint density at radius 3 is 2.39 bits per heavy atom. The maximum absolute atomic E-state index is 13.1. The third kappa shape index (κ3) is 3.81. The third-order valence-corrected chi connectivity index (χ3v) is 5.27. The highest BCUT2D eigenvalue weighted by Crippen LogP contribution is 2.33. The molecule has 1 aliphatic rings. The summed E-state index contributed by atoms with van der Waals surface area (Å²) in [5, 5.41) is 0. The number of oxazole rings is 1. The number of likely N-dealkylation sites (tertiary alicyclic amines) is 1. The second-order valence-corrected chi connectivity index (χ2v) is 7.02. The van der Waals surface area contributed by atoms with Gasteiger partial charge in [0.05, 0.1) is 5.69 Å². The Morgan fingerprint density at radius 1 is 1.11 bits per heavy atom. The standard InChI is InChI=1S/C22H23N3O2.ClH/c1-15-20(27-21(24-15)17-10-6-3-7-11-17)22(26)25-13-18(12-23)19(14-25)16-8-4-2-5-9-16;/h2-11,18-19H,12-14,23H2,1H3;1H/t18-,19+;/m1./s1. The number of carbonyl (C=O) groups is 1. The van der Waals surface area contributed by atoms with E-state index in [1.807, 2.05) is 60.4 Å². The molecule has 2 aromatic carbocycles.